The van der Waals surface area contributed by atoms with Gasteiger partial charge in [0.15, 0.2) is 0 Å². The fourth-order valence-corrected chi connectivity index (χ4v) is 1.07. The maximum Gasteiger partial charge on any atom is 0.307 e. The minimum Gasteiger partial charge on any atom is -0.466 e. The SMILES string of the molecule is CC(N)CC(=O)OCCC1CC1. The van der Waals surface area contributed by atoms with Crippen molar-refractivity contribution in [3.05, 3.63) is 0 Å². The molecule has 0 aromatic heterocycles. The minimum atomic E-state index is -0.161. The summed E-state index contributed by atoms with van der Waals surface area (Å²) in [6, 6.07) is -0.0848. The van der Waals surface area contributed by atoms with Crippen LogP contribution in [0, 0.1) is 5.92 Å². The van der Waals surface area contributed by atoms with E-state index >= 15 is 0 Å². The summed E-state index contributed by atoms with van der Waals surface area (Å²) in [5, 5.41) is 0. The molecular formula is C9H17NO2. The van der Waals surface area contributed by atoms with Crippen LogP contribution in [-0.4, -0.2) is 18.6 Å². The molecule has 2 N–H and O–H groups in total. The third kappa shape index (κ3) is 4.34. The van der Waals surface area contributed by atoms with Gasteiger partial charge < -0.3 is 10.5 Å². The molecule has 1 fully saturated rings. The Hall–Kier alpha value is -0.570. The Morgan fingerprint density at radius 1 is 1.67 bits per heavy atom. The summed E-state index contributed by atoms with van der Waals surface area (Å²) in [6.07, 6.45) is 3.99. The monoisotopic (exact) mass is 171 g/mol. The highest BCUT2D eigenvalue weighted by atomic mass is 16.5. The Bertz CT molecular complexity index is 153. The Balaban J connectivity index is 1.93. The third-order valence-electron chi connectivity index (χ3n) is 1.97. The van der Waals surface area contributed by atoms with Gasteiger partial charge >= 0.3 is 5.97 Å². The molecule has 3 nitrogen and oxygen atoms in total. The molecule has 1 atom stereocenters. The molecule has 0 amide bonds. The standard InChI is InChI=1S/C9H17NO2/c1-7(10)6-9(11)12-5-4-8-2-3-8/h7-8H,2-6,10H2,1H3. The lowest BCUT2D eigenvalue weighted by Gasteiger charge is -2.05. The Morgan fingerprint density at radius 2 is 2.33 bits per heavy atom. The van der Waals surface area contributed by atoms with E-state index in [2.05, 4.69) is 0 Å². The highest BCUT2D eigenvalue weighted by molar-refractivity contribution is 5.69. The van der Waals surface area contributed by atoms with E-state index < -0.39 is 0 Å². The topological polar surface area (TPSA) is 52.3 Å². The highest BCUT2D eigenvalue weighted by Gasteiger charge is 2.21. The van der Waals surface area contributed by atoms with Crippen LogP contribution >= 0.6 is 0 Å². The summed E-state index contributed by atoms with van der Waals surface area (Å²) in [4.78, 5) is 11.0. The van der Waals surface area contributed by atoms with Gasteiger partial charge in [0, 0.05) is 6.04 Å². The van der Waals surface area contributed by atoms with Crippen LogP contribution in [0.15, 0.2) is 0 Å². The van der Waals surface area contributed by atoms with E-state index in [4.69, 9.17) is 10.5 Å². The first-order chi connectivity index (χ1) is 5.68. The molecule has 1 aliphatic carbocycles. The summed E-state index contributed by atoms with van der Waals surface area (Å²) < 4.78 is 4.98. The Kier molecular flexibility index (Phi) is 3.53. The van der Waals surface area contributed by atoms with Crippen molar-refractivity contribution in [1.29, 1.82) is 0 Å². The van der Waals surface area contributed by atoms with Gasteiger partial charge in [-0.25, -0.2) is 0 Å². The second kappa shape index (κ2) is 4.45. The van der Waals surface area contributed by atoms with Crippen molar-refractivity contribution in [2.75, 3.05) is 6.61 Å². The average Bonchev–Trinajstić information content (AvgIpc) is 2.69. The second-order valence-electron chi connectivity index (χ2n) is 3.63. The summed E-state index contributed by atoms with van der Waals surface area (Å²) in [5.74, 6) is 0.666. The van der Waals surface area contributed by atoms with Gasteiger partial charge in [0.05, 0.1) is 13.0 Å². The quantitative estimate of drug-likeness (QED) is 0.629. The van der Waals surface area contributed by atoms with Crippen molar-refractivity contribution >= 4 is 5.97 Å². The lowest BCUT2D eigenvalue weighted by molar-refractivity contribution is -0.144. The van der Waals surface area contributed by atoms with Crippen LogP contribution in [-0.2, 0) is 9.53 Å². The molecule has 0 aromatic rings. The predicted octanol–water partition coefficient (Wildman–Crippen LogP) is 1.07. The molecule has 0 heterocycles. The van der Waals surface area contributed by atoms with Gasteiger partial charge in [0.1, 0.15) is 0 Å². The van der Waals surface area contributed by atoms with E-state index in [0.717, 1.165) is 12.3 Å². The molecule has 1 rings (SSSR count). The minimum absolute atomic E-state index is 0.0848. The summed E-state index contributed by atoms with van der Waals surface area (Å²) in [7, 11) is 0. The van der Waals surface area contributed by atoms with Crippen LogP contribution in [0.5, 0.6) is 0 Å². The van der Waals surface area contributed by atoms with Gasteiger partial charge in [0.2, 0.25) is 0 Å². The Labute approximate surface area is 73.3 Å². The van der Waals surface area contributed by atoms with Crippen molar-refractivity contribution in [2.24, 2.45) is 11.7 Å². The molecule has 0 aliphatic heterocycles. The van der Waals surface area contributed by atoms with Crippen LogP contribution < -0.4 is 5.73 Å². The maximum atomic E-state index is 11.0. The first-order valence-corrected chi connectivity index (χ1v) is 4.59. The fourth-order valence-electron chi connectivity index (χ4n) is 1.07. The maximum absolute atomic E-state index is 11.0. The average molecular weight is 171 g/mol. The zero-order valence-corrected chi connectivity index (χ0v) is 7.58. The van der Waals surface area contributed by atoms with Gasteiger partial charge in [-0.05, 0) is 19.3 Å². The third-order valence-corrected chi connectivity index (χ3v) is 1.97. The molecular weight excluding hydrogens is 154 g/mol. The molecule has 70 valence electrons. The van der Waals surface area contributed by atoms with Gasteiger partial charge in [-0.2, -0.15) is 0 Å². The lowest BCUT2D eigenvalue weighted by Crippen LogP contribution is -2.21. The number of ether oxygens (including phenoxy) is 1. The van der Waals surface area contributed by atoms with Crippen LogP contribution in [0.1, 0.15) is 32.6 Å². The van der Waals surface area contributed by atoms with Gasteiger partial charge in [0.25, 0.3) is 0 Å². The van der Waals surface area contributed by atoms with E-state index in [1.165, 1.54) is 12.8 Å². The highest BCUT2D eigenvalue weighted by Crippen LogP contribution is 2.32. The lowest BCUT2D eigenvalue weighted by atomic mass is 10.2. The molecule has 0 radical (unpaired) electrons. The summed E-state index contributed by atoms with van der Waals surface area (Å²) in [5.41, 5.74) is 5.44. The zero-order chi connectivity index (χ0) is 8.97. The zero-order valence-electron chi connectivity index (χ0n) is 7.58. The van der Waals surface area contributed by atoms with Crippen molar-refractivity contribution in [1.82, 2.24) is 0 Å². The van der Waals surface area contributed by atoms with E-state index in [1.54, 1.807) is 0 Å². The van der Waals surface area contributed by atoms with Crippen LogP contribution in [0.25, 0.3) is 0 Å². The van der Waals surface area contributed by atoms with Crippen LogP contribution in [0.4, 0.5) is 0 Å². The number of esters is 1. The fraction of sp³-hybridized carbons (Fsp3) is 0.889. The normalized spacial score (nSPS) is 18.8. The largest absolute Gasteiger partial charge is 0.466 e. The molecule has 12 heavy (non-hydrogen) atoms. The van der Waals surface area contributed by atoms with Gasteiger partial charge in [-0.15, -0.1) is 0 Å². The number of carbonyl (C=O) groups excluding carboxylic acids is 1. The summed E-state index contributed by atoms with van der Waals surface area (Å²) in [6.45, 7) is 2.39. The second-order valence-corrected chi connectivity index (χ2v) is 3.63. The van der Waals surface area contributed by atoms with E-state index in [0.29, 0.717) is 13.0 Å². The van der Waals surface area contributed by atoms with Crippen molar-refractivity contribution in [3.8, 4) is 0 Å². The predicted molar refractivity (Wildman–Crippen MR) is 46.6 cm³/mol. The summed E-state index contributed by atoms with van der Waals surface area (Å²) >= 11 is 0. The van der Waals surface area contributed by atoms with E-state index in [1.807, 2.05) is 6.92 Å². The molecule has 0 saturated heterocycles. The molecule has 0 bridgehead atoms. The number of hydrogen-bond acceptors (Lipinski definition) is 3. The first kappa shape index (κ1) is 9.52. The molecule has 0 spiro atoms. The van der Waals surface area contributed by atoms with Crippen LogP contribution in [0.3, 0.4) is 0 Å². The van der Waals surface area contributed by atoms with Crippen molar-refractivity contribution in [3.63, 3.8) is 0 Å². The van der Waals surface area contributed by atoms with Crippen LogP contribution in [0.2, 0.25) is 0 Å². The molecule has 1 aliphatic rings. The van der Waals surface area contributed by atoms with E-state index in [-0.39, 0.29) is 12.0 Å². The van der Waals surface area contributed by atoms with Crippen molar-refractivity contribution in [2.45, 2.75) is 38.6 Å². The number of nitrogens with two attached hydrogens (primary N) is 1. The smallest absolute Gasteiger partial charge is 0.307 e. The van der Waals surface area contributed by atoms with Crippen molar-refractivity contribution < 1.29 is 9.53 Å². The number of carbonyl (C=O) groups is 1. The number of hydrogen-bond donors (Lipinski definition) is 1. The van der Waals surface area contributed by atoms with Gasteiger partial charge in [-0.1, -0.05) is 12.8 Å². The van der Waals surface area contributed by atoms with Gasteiger partial charge in [-0.3, -0.25) is 4.79 Å². The number of rotatable bonds is 5. The van der Waals surface area contributed by atoms with E-state index in [9.17, 15) is 4.79 Å². The molecule has 1 unspecified atom stereocenters. The first-order valence-electron chi connectivity index (χ1n) is 4.59. The Morgan fingerprint density at radius 3 is 2.83 bits per heavy atom. The molecule has 3 heteroatoms. The molecule has 0 aromatic carbocycles. The molecule has 1 saturated carbocycles.